The topological polar surface area (TPSA) is 87.2 Å². The smallest absolute Gasteiger partial charge is 0.244 e. The molecule has 0 aliphatic carbocycles. The van der Waals surface area contributed by atoms with Crippen molar-refractivity contribution in [2.75, 3.05) is 13.1 Å². The summed E-state index contributed by atoms with van der Waals surface area (Å²) in [6.45, 7) is 2.83. The van der Waals surface area contributed by atoms with E-state index in [1.165, 1.54) is 16.4 Å². The van der Waals surface area contributed by atoms with E-state index < -0.39 is 10.0 Å². The molecule has 0 aromatic heterocycles. The van der Waals surface area contributed by atoms with E-state index in [-0.39, 0.29) is 22.4 Å². The zero-order chi connectivity index (χ0) is 14.8. The van der Waals surface area contributed by atoms with Crippen molar-refractivity contribution in [3.05, 3.63) is 29.8 Å². The van der Waals surface area contributed by atoms with Gasteiger partial charge in [0.05, 0.1) is 10.5 Å². The lowest BCUT2D eigenvalue weighted by Gasteiger charge is -2.17. The van der Waals surface area contributed by atoms with Gasteiger partial charge >= 0.3 is 0 Å². The molecule has 0 bridgehead atoms. The normalized spacial score (nSPS) is 23.6. The van der Waals surface area contributed by atoms with Gasteiger partial charge in [0.15, 0.2) is 0 Å². The van der Waals surface area contributed by atoms with Crippen molar-refractivity contribution in [3.8, 4) is 6.07 Å². The monoisotopic (exact) mass is 293 g/mol. The quantitative estimate of drug-likeness (QED) is 0.906. The summed E-state index contributed by atoms with van der Waals surface area (Å²) in [7, 11) is -3.63. The number of hydrogen-bond donors (Lipinski definition) is 1. The van der Waals surface area contributed by atoms with Gasteiger partial charge in [0.1, 0.15) is 6.07 Å². The molecule has 2 N–H and O–H groups in total. The first-order chi connectivity index (χ1) is 9.50. The third kappa shape index (κ3) is 2.70. The van der Waals surface area contributed by atoms with E-state index in [2.05, 4.69) is 6.92 Å². The molecule has 0 spiro atoms. The molecule has 2 atom stereocenters. The Kier molecular flexibility index (Phi) is 4.43. The molecule has 0 amide bonds. The van der Waals surface area contributed by atoms with Crippen LogP contribution in [0.4, 0.5) is 0 Å². The number of nitriles is 1. The lowest BCUT2D eigenvalue weighted by atomic mass is 9.99. The van der Waals surface area contributed by atoms with E-state index in [0.29, 0.717) is 13.1 Å². The summed E-state index contributed by atoms with van der Waals surface area (Å²) in [4.78, 5) is 0.0758. The molecule has 2 rings (SSSR count). The fourth-order valence-corrected chi connectivity index (χ4v) is 4.33. The van der Waals surface area contributed by atoms with E-state index in [4.69, 9.17) is 11.0 Å². The van der Waals surface area contributed by atoms with Crippen molar-refractivity contribution in [1.29, 1.82) is 5.26 Å². The fourth-order valence-electron chi connectivity index (χ4n) is 2.65. The van der Waals surface area contributed by atoms with Crippen molar-refractivity contribution in [2.24, 2.45) is 11.7 Å². The average Bonchev–Trinajstić information content (AvgIpc) is 2.81. The Morgan fingerprint density at radius 2 is 2.10 bits per heavy atom. The summed E-state index contributed by atoms with van der Waals surface area (Å²) < 4.78 is 26.7. The van der Waals surface area contributed by atoms with Gasteiger partial charge in [-0.05, 0) is 24.5 Å². The highest BCUT2D eigenvalue weighted by Gasteiger charge is 2.37. The van der Waals surface area contributed by atoms with E-state index in [1.807, 2.05) is 6.07 Å². The molecule has 1 aromatic rings. The molecule has 108 valence electrons. The van der Waals surface area contributed by atoms with Gasteiger partial charge in [-0.1, -0.05) is 25.5 Å². The summed E-state index contributed by atoms with van der Waals surface area (Å²) >= 11 is 0. The maximum atomic E-state index is 12.6. The number of hydrogen-bond acceptors (Lipinski definition) is 4. The highest BCUT2D eigenvalue weighted by atomic mass is 32.2. The van der Waals surface area contributed by atoms with Gasteiger partial charge in [-0.3, -0.25) is 0 Å². The number of nitrogens with two attached hydrogens (primary N) is 1. The van der Waals surface area contributed by atoms with Crippen LogP contribution < -0.4 is 5.73 Å². The van der Waals surface area contributed by atoms with Crippen LogP contribution in [0.15, 0.2) is 29.2 Å². The number of nitrogens with zero attached hydrogens (tertiary/aromatic N) is 2. The van der Waals surface area contributed by atoms with Crippen LogP contribution in [-0.2, 0) is 10.0 Å². The highest BCUT2D eigenvalue weighted by molar-refractivity contribution is 7.89. The number of rotatable bonds is 4. The second kappa shape index (κ2) is 5.92. The van der Waals surface area contributed by atoms with Gasteiger partial charge in [0.2, 0.25) is 10.0 Å². The minimum Gasteiger partial charge on any atom is -0.326 e. The van der Waals surface area contributed by atoms with Gasteiger partial charge in [-0.25, -0.2) is 8.42 Å². The van der Waals surface area contributed by atoms with E-state index >= 15 is 0 Å². The largest absolute Gasteiger partial charge is 0.326 e. The fraction of sp³-hybridized carbons (Fsp3) is 0.500. The molecular formula is C14H19N3O2S. The summed E-state index contributed by atoms with van der Waals surface area (Å²) in [6.07, 6.45) is 1.91. The van der Waals surface area contributed by atoms with E-state index in [0.717, 1.165) is 12.8 Å². The Morgan fingerprint density at radius 3 is 2.75 bits per heavy atom. The van der Waals surface area contributed by atoms with Crippen LogP contribution in [0.1, 0.15) is 25.3 Å². The molecule has 0 unspecified atom stereocenters. The standard InChI is InChI=1S/C14H19N3O2S/c1-2-5-12-9-17(10-13(12)16)20(18,19)14-7-4-3-6-11(14)8-15/h3-4,6-7,12-13H,2,5,9-10,16H2,1H3/t12-,13-/m0/s1. The van der Waals surface area contributed by atoms with Crippen LogP contribution in [0.5, 0.6) is 0 Å². The summed E-state index contributed by atoms with van der Waals surface area (Å²) in [6, 6.07) is 8.10. The molecule has 20 heavy (non-hydrogen) atoms. The maximum Gasteiger partial charge on any atom is 0.244 e. The van der Waals surface area contributed by atoms with Crippen molar-refractivity contribution in [1.82, 2.24) is 4.31 Å². The van der Waals surface area contributed by atoms with Crippen LogP contribution in [0, 0.1) is 17.2 Å². The predicted octanol–water partition coefficient (Wildman–Crippen LogP) is 1.31. The lowest BCUT2D eigenvalue weighted by Crippen LogP contribution is -2.32. The Morgan fingerprint density at radius 1 is 1.40 bits per heavy atom. The molecular weight excluding hydrogens is 274 g/mol. The van der Waals surface area contributed by atoms with Crippen molar-refractivity contribution in [2.45, 2.75) is 30.7 Å². The van der Waals surface area contributed by atoms with Gasteiger partial charge in [0, 0.05) is 19.1 Å². The minimum atomic E-state index is -3.63. The van der Waals surface area contributed by atoms with E-state index in [1.54, 1.807) is 12.1 Å². The van der Waals surface area contributed by atoms with Crippen LogP contribution in [0.3, 0.4) is 0 Å². The van der Waals surface area contributed by atoms with Gasteiger partial charge < -0.3 is 5.73 Å². The second-order valence-corrected chi connectivity index (χ2v) is 7.05. The van der Waals surface area contributed by atoms with Crippen molar-refractivity contribution >= 4 is 10.0 Å². The molecule has 1 aromatic carbocycles. The first-order valence-corrected chi connectivity index (χ1v) is 8.19. The Bertz CT molecular complexity index is 622. The molecule has 6 heteroatoms. The summed E-state index contributed by atoms with van der Waals surface area (Å²) in [5, 5.41) is 9.06. The first-order valence-electron chi connectivity index (χ1n) is 6.75. The number of sulfonamides is 1. The number of benzene rings is 1. The van der Waals surface area contributed by atoms with Gasteiger partial charge in [-0.15, -0.1) is 0 Å². The average molecular weight is 293 g/mol. The second-order valence-electron chi connectivity index (χ2n) is 5.14. The Hall–Kier alpha value is -1.42. The zero-order valence-corrected chi connectivity index (χ0v) is 12.3. The van der Waals surface area contributed by atoms with Crippen LogP contribution >= 0.6 is 0 Å². The summed E-state index contributed by atoms with van der Waals surface area (Å²) in [5.41, 5.74) is 6.21. The lowest BCUT2D eigenvalue weighted by molar-refractivity contribution is 0.439. The molecule has 1 heterocycles. The molecule has 1 aliphatic rings. The third-order valence-electron chi connectivity index (χ3n) is 3.74. The molecule has 1 fully saturated rings. The molecule has 1 saturated heterocycles. The van der Waals surface area contributed by atoms with Crippen LogP contribution in [-0.4, -0.2) is 31.9 Å². The van der Waals surface area contributed by atoms with Gasteiger partial charge in [-0.2, -0.15) is 9.57 Å². The first kappa shape index (κ1) is 15.0. The highest BCUT2D eigenvalue weighted by Crippen LogP contribution is 2.27. The van der Waals surface area contributed by atoms with Crippen LogP contribution in [0.2, 0.25) is 0 Å². The summed E-state index contributed by atoms with van der Waals surface area (Å²) in [5.74, 6) is 0.198. The SMILES string of the molecule is CCC[C@H]1CN(S(=O)(=O)c2ccccc2C#N)C[C@@H]1N. The molecule has 1 aliphatic heterocycles. The van der Waals surface area contributed by atoms with Crippen LogP contribution in [0.25, 0.3) is 0 Å². The maximum absolute atomic E-state index is 12.6. The van der Waals surface area contributed by atoms with Crippen molar-refractivity contribution in [3.63, 3.8) is 0 Å². The molecule has 5 nitrogen and oxygen atoms in total. The minimum absolute atomic E-state index is 0.0758. The molecule has 0 radical (unpaired) electrons. The zero-order valence-electron chi connectivity index (χ0n) is 11.5. The predicted molar refractivity (Wildman–Crippen MR) is 76.3 cm³/mol. The Balaban J connectivity index is 2.31. The molecule has 0 saturated carbocycles. The van der Waals surface area contributed by atoms with Gasteiger partial charge in [0.25, 0.3) is 0 Å². The Labute approximate surface area is 120 Å². The third-order valence-corrected chi connectivity index (χ3v) is 5.63. The van der Waals surface area contributed by atoms with E-state index in [9.17, 15) is 8.42 Å². The van der Waals surface area contributed by atoms with Crippen molar-refractivity contribution < 1.29 is 8.42 Å².